The SMILES string of the molecule is CCn1cncc1COc1ccc2c(c1)[C@@H](O)CCC2. The molecule has 1 aromatic carbocycles. The predicted molar refractivity (Wildman–Crippen MR) is 76.6 cm³/mol. The second kappa shape index (κ2) is 5.67. The molecule has 0 amide bonds. The lowest BCUT2D eigenvalue weighted by molar-refractivity contribution is 0.156. The Morgan fingerprint density at radius 3 is 3.20 bits per heavy atom. The van der Waals surface area contributed by atoms with Crippen LogP contribution in [0.3, 0.4) is 0 Å². The predicted octanol–water partition coefficient (Wildman–Crippen LogP) is 2.85. The van der Waals surface area contributed by atoms with E-state index in [0.29, 0.717) is 6.61 Å². The molecule has 4 heteroatoms. The van der Waals surface area contributed by atoms with Crippen molar-refractivity contribution in [3.8, 4) is 5.75 Å². The van der Waals surface area contributed by atoms with Crippen molar-refractivity contribution in [2.24, 2.45) is 0 Å². The summed E-state index contributed by atoms with van der Waals surface area (Å²) in [6.07, 6.45) is 6.26. The van der Waals surface area contributed by atoms with Gasteiger partial charge in [-0.15, -0.1) is 0 Å². The third kappa shape index (κ3) is 2.56. The van der Waals surface area contributed by atoms with Crippen molar-refractivity contribution in [3.05, 3.63) is 47.5 Å². The maximum Gasteiger partial charge on any atom is 0.130 e. The highest BCUT2D eigenvalue weighted by Crippen LogP contribution is 2.32. The van der Waals surface area contributed by atoms with Crippen LogP contribution >= 0.6 is 0 Å². The Morgan fingerprint density at radius 1 is 1.45 bits per heavy atom. The fraction of sp³-hybridized carbons (Fsp3) is 0.438. The number of aromatic nitrogens is 2. The van der Waals surface area contributed by atoms with Gasteiger partial charge in [0.1, 0.15) is 12.4 Å². The number of hydrogen-bond donors (Lipinski definition) is 1. The van der Waals surface area contributed by atoms with Crippen LogP contribution in [-0.4, -0.2) is 14.7 Å². The van der Waals surface area contributed by atoms with Gasteiger partial charge in [0.15, 0.2) is 0 Å². The molecule has 0 bridgehead atoms. The van der Waals surface area contributed by atoms with Gasteiger partial charge in [-0.2, -0.15) is 0 Å². The Balaban J connectivity index is 1.73. The zero-order chi connectivity index (χ0) is 13.9. The standard InChI is InChI=1S/C16H20N2O2/c1-2-18-11-17-9-13(18)10-20-14-7-6-12-4-3-5-16(19)15(12)8-14/h6-9,11,16,19H,2-5,10H2,1H3/t16-/m0/s1. The van der Waals surface area contributed by atoms with E-state index in [1.54, 1.807) is 0 Å². The van der Waals surface area contributed by atoms with Crippen LogP contribution < -0.4 is 4.74 Å². The minimum atomic E-state index is -0.344. The molecule has 0 spiro atoms. The van der Waals surface area contributed by atoms with E-state index in [0.717, 1.165) is 42.8 Å². The number of aliphatic hydroxyl groups excluding tert-OH is 1. The highest BCUT2D eigenvalue weighted by atomic mass is 16.5. The number of aryl methyl sites for hydroxylation is 2. The van der Waals surface area contributed by atoms with E-state index >= 15 is 0 Å². The van der Waals surface area contributed by atoms with E-state index in [1.165, 1.54) is 5.56 Å². The van der Waals surface area contributed by atoms with Crippen LogP contribution in [0.15, 0.2) is 30.7 Å². The van der Waals surface area contributed by atoms with Crippen molar-refractivity contribution in [3.63, 3.8) is 0 Å². The summed E-state index contributed by atoms with van der Waals surface area (Å²) in [7, 11) is 0. The first-order valence-corrected chi connectivity index (χ1v) is 7.20. The summed E-state index contributed by atoms with van der Waals surface area (Å²) in [5, 5.41) is 10.1. The quantitative estimate of drug-likeness (QED) is 0.931. The van der Waals surface area contributed by atoms with E-state index in [1.807, 2.05) is 24.7 Å². The normalized spacial score (nSPS) is 17.8. The van der Waals surface area contributed by atoms with Crippen LogP contribution in [0, 0.1) is 0 Å². The molecular weight excluding hydrogens is 252 g/mol. The Labute approximate surface area is 119 Å². The molecule has 1 aliphatic carbocycles. The zero-order valence-electron chi connectivity index (χ0n) is 11.7. The molecule has 3 rings (SSSR count). The second-order valence-corrected chi connectivity index (χ2v) is 5.23. The Morgan fingerprint density at radius 2 is 2.35 bits per heavy atom. The lowest BCUT2D eigenvalue weighted by Gasteiger charge is -2.22. The first-order chi connectivity index (χ1) is 9.78. The molecule has 1 heterocycles. The van der Waals surface area contributed by atoms with E-state index in [2.05, 4.69) is 22.5 Å². The first-order valence-electron chi connectivity index (χ1n) is 7.20. The first kappa shape index (κ1) is 13.2. The number of hydrogen-bond acceptors (Lipinski definition) is 3. The number of fused-ring (bicyclic) bond motifs is 1. The monoisotopic (exact) mass is 272 g/mol. The Kier molecular flexibility index (Phi) is 3.74. The third-order valence-electron chi connectivity index (χ3n) is 3.93. The van der Waals surface area contributed by atoms with Gasteiger partial charge in [-0.3, -0.25) is 0 Å². The van der Waals surface area contributed by atoms with Crippen molar-refractivity contribution in [1.82, 2.24) is 9.55 Å². The van der Waals surface area contributed by atoms with Gasteiger partial charge < -0.3 is 14.4 Å². The second-order valence-electron chi connectivity index (χ2n) is 5.23. The number of rotatable bonds is 4. The van der Waals surface area contributed by atoms with Gasteiger partial charge in [-0.1, -0.05) is 6.07 Å². The molecule has 0 radical (unpaired) electrons. The summed E-state index contributed by atoms with van der Waals surface area (Å²) in [6.45, 7) is 3.48. The number of benzene rings is 1. The summed E-state index contributed by atoms with van der Waals surface area (Å²) in [4.78, 5) is 4.13. The fourth-order valence-electron chi connectivity index (χ4n) is 2.75. The van der Waals surface area contributed by atoms with Crippen molar-refractivity contribution < 1.29 is 9.84 Å². The third-order valence-corrected chi connectivity index (χ3v) is 3.93. The van der Waals surface area contributed by atoms with E-state index in [9.17, 15) is 5.11 Å². The highest BCUT2D eigenvalue weighted by Gasteiger charge is 2.18. The fourth-order valence-corrected chi connectivity index (χ4v) is 2.75. The van der Waals surface area contributed by atoms with Gasteiger partial charge in [0.2, 0.25) is 0 Å². The smallest absolute Gasteiger partial charge is 0.130 e. The van der Waals surface area contributed by atoms with Crippen molar-refractivity contribution >= 4 is 0 Å². The van der Waals surface area contributed by atoms with Crippen molar-refractivity contribution in [2.45, 2.75) is 45.4 Å². The molecule has 0 aliphatic heterocycles. The van der Waals surface area contributed by atoms with Crippen LogP contribution in [0.5, 0.6) is 5.75 Å². The minimum absolute atomic E-state index is 0.344. The molecule has 0 unspecified atom stereocenters. The maximum atomic E-state index is 10.1. The lowest BCUT2D eigenvalue weighted by atomic mass is 9.89. The topological polar surface area (TPSA) is 47.3 Å². The maximum absolute atomic E-state index is 10.1. The molecule has 20 heavy (non-hydrogen) atoms. The molecule has 1 N–H and O–H groups in total. The Bertz CT molecular complexity index is 592. The molecule has 4 nitrogen and oxygen atoms in total. The number of ether oxygens (including phenoxy) is 1. The van der Waals surface area contributed by atoms with Crippen LogP contribution in [0.2, 0.25) is 0 Å². The van der Waals surface area contributed by atoms with Crippen molar-refractivity contribution in [1.29, 1.82) is 0 Å². The zero-order valence-corrected chi connectivity index (χ0v) is 11.7. The highest BCUT2D eigenvalue weighted by molar-refractivity contribution is 5.38. The molecule has 0 fully saturated rings. The van der Waals surface area contributed by atoms with E-state index in [-0.39, 0.29) is 6.10 Å². The molecule has 0 saturated carbocycles. The summed E-state index contributed by atoms with van der Waals surface area (Å²) in [6, 6.07) is 6.04. The molecular formula is C16H20N2O2. The summed E-state index contributed by atoms with van der Waals surface area (Å²) in [5.41, 5.74) is 3.33. The van der Waals surface area contributed by atoms with E-state index in [4.69, 9.17) is 4.74 Å². The van der Waals surface area contributed by atoms with Crippen LogP contribution in [0.1, 0.15) is 42.7 Å². The molecule has 2 aromatic rings. The van der Waals surface area contributed by atoms with Crippen molar-refractivity contribution in [2.75, 3.05) is 0 Å². The van der Waals surface area contributed by atoms with Gasteiger partial charge in [-0.05, 0) is 49.4 Å². The number of aliphatic hydroxyl groups is 1. The average Bonchev–Trinajstić information content (AvgIpc) is 2.93. The molecule has 0 saturated heterocycles. The van der Waals surface area contributed by atoms with Gasteiger partial charge >= 0.3 is 0 Å². The van der Waals surface area contributed by atoms with Gasteiger partial charge in [-0.25, -0.2) is 4.98 Å². The van der Waals surface area contributed by atoms with Crippen LogP contribution in [0.4, 0.5) is 0 Å². The minimum Gasteiger partial charge on any atom is -0.487 e. The summed E-state index contributed by atoms with van der Waals surface area (Å²) >= 11 is 0. The van der Waals surface area contributed by atoms with Gasteiger partial charge in [0.05, 0.1) is 24.3 Å². The largest absolute Gasteiger partial charge is 0.487 e. The summed E-state index contributed by atoms with van der Waals surface area (Å²) < 4.78 is 7.90. The number of nitrogens with zero attached hydrogens (tertiary/aromatic N) is 2. The molecule has 1 aliphatic rings. The van der Waals surface area contributed by atoms with Crippen LogP contribution in [-0.2, 0) is 19.6 Å². The molecule has 106 valence electrons. The van der Waals surface area contributed by atoms with Crippen LogP contribution in [0.25, 0.3) is 0 Å². The van der Waals surface area contributed by atoms with Gasteiger partial charge in [0.25, 0.3) is 0 Å². The molecule has 1 aromatic heterocycles. The molecule has 1 atom stereocenters. The average molecular weight is 272 g/mol. The number of imidazole rings is 1. The van der Waals surface area contributed by atoms with Gasteiger partial charge in [0, 0.05) is 6.54 Å². The van der Waals surface area contributed by atoms with E-state index < -0.39 is 0 Å². The summed E-state index contributed by atoms with van der Waals surface area (Å²) in [5.74, 6) is 0.813. The Hall–Kier alpha value is -1.81. The lowest BCUT2D eigenvalue weighted by Crippen LogP contribution is -2.09.